The van der Waals surface area contributed by atoms with Crippen LogP contribution < -0.4 is 5.73 Å². The van der Waals surface area contributed by atoms with Crippen molar-refractivity contribution in [3.8, 4) is 0 Å². The van der Waals surface area contributed by atoms with Crippen LogP contribution in [-0.4, -0.2) is 4.92 Å². The van der Waals surface area contributed by atoms with E-state index in [1.807, 2.05) is 0 Å². The average Bonchev–Trinajstić information content (AvgIpc) is 1.96. The van der Waals surface area contributed by atoms with Gasteiger partial charge in [-0.3, -0.25) is 10.1 Å². The van der Waals surface area contributed by atoms with E-state index >= 15 is 0 Å². The molecule has 12 heavy (non-hydrogen) atoms. The van der Waals surface area contributed by atoms with E-state index in [-0.39, 0.29) is 11.4 Å². The number of benzene rings is 1. The first-order valence-corrected chi connectivity index (χ1v) is 3.99. The van der Waals surface area contributed by atoms with Crippen molar-refractivity contribution in [3.05, 3.63) is 31.6 Å². The Morgan fingerprint density at radius 3 is 2.67 bits per heavy atom. The summed E-state index contributed by atoms with van der Waals surface area (Å²) in [6, 6.07) is 1.94. The molecule has 1 rings (SSSR count). The first kappa shape index (κ1) is 9.17. The number of nitrogens with zero attached hydrogens (tertiary/aromatic N) is 1. The fourth-order valence-corrected chi connectivity index (χ4v) is 1.30. The van der Waals surface area contributed by atoms with E-state index in [4.69, 9.17) is 5.73 Å². The minimum Gasteiger partial charge on any atom is -0.392 e. The highest BCUT2D eigenvalue weighted by molar-refractivity contribution is 14.1. The summed E-state index contributed by atoms with van der Waals surface area (Å²) in [4.78, 5) is 9.57. The van der Waals surface area contributed by atoms with Crippen LogP contribution in [-0.2, 0) is 0 Å². The van der Waals surface area contributed by atoms with E-state index in [1.54, 1.807) is 22.6 Å². The molecule has 0 saturated carbocycles. The fourth-order valence-electron chi connectivity index (χ4n) is 0.722. The van der Waals surface area contributed by atoms with E-state index < -0.39 is 10.7 Å². The fraction of sp³-hybridized carbons (Fsp3) is 0. The van der Waals surface area contributed by atoms with Gasteiger partial charge in [0.15, 0.2) is 0 Å². The molecule has 0 spiro atoms. The molecule has 0 aromatic heterocycles. The number of anilines is 1. The lowest BCUT2D eigenvalue weighted by Crippen LogP contribution is -1.98. The third-order valence-electron chi connectivity index (χ3n) is 1.27. The molecule has 1 aromatic carbocycles. The van der Waals surface area contributed by atoms with Crippen molar-refractivity contribution in [2.75, 3.05) is 5.73 Å². The predicted octanol–water partition coefficient (Wildman–Crippen LogP) is 1.92. The number of nitro groups is 1. The Morgan fingerprint density at radius 1 is 1.58 bits per heavy atom. The van der Waals surface area contributed by atoms with Crippen LogP contribution >= 0.6 is 22.6 Å². The standard InChI is InChI=1S/C6H4FIN2O2/c7-3-1-4(8)6(9)5(2-3)10(11)12/h1-2H,9H2. The highest BCUT2D eigenvalue weighted by Crippen LogP contribution is 2.27. The molecule has 0 atom stereocenters. The van der Waals surface area contributed by atoms with Crippen LogP contribution in [0, 0.1) is 19.5 Å². The molecule has 2 N–H and O–H groups in total. The topological polar surface area (TPSA) is 69.2 Å². The number of nitro benzene ring substituents is 1. The van der Waals surface area contributed by atoms with Crippen LogP contribution in [0.4, 0.5) is 15.8 Å². The van der Waals surface area contributed by atoms with Gasteiger partial charge in [0.1, 0.15) is 11.5 Å². The summed E-state index contributed by atoms with van der Waals surface area (Å²) in [7, 11) is 0. The van der Waals surface area contributed by atoms with Gasteiger partial charge in [0.25, 0.3) is 5.69 Å². The molecule has 0 bridgehead atoms. The second-order valence-corrected chi connectivity index (χ2v) is 3.24. The third kappa shape index (κ3) is 1.63. The van der Waals surface area contributed by atoms with Crippen molar-refractivity contribution in [2.24, 2.45) is 0 Å². The smallest absolute Gasteiger partial charge is 0.296 e. The first-order chi connectivity index (χ1) is 5.52. The highest BCUT2D eigenvalue weighted by Gasteiger charge is 2.15. The van der Waals surface area contributed by atoms with Gasteiger partial charge in [-0.05, 0) is 28.7 Å². The van der Waals surface area contributed by atoms with Crippen LogP contribution in [0.15, 0.2) is 12.1 Å². The van der Waals surface area contributed by atoms with Gasteiger partial charge in [-0.25, -0.2) is 4.39 Å². The van der Waals surface area contributed by atoms with Crippen LogP contribution in [0.3, 0.4) is 0 Å². The molecule has 0 heterocycles. The van der Waals surface area contributed by atoms with Crippen molar-refractivity contribution < 1.29 is 9.31 Å². The number of nitrogens with two attached hydrogens (primary N) is 1. The molecule has 4 nitrogen and oxygen atoms in total. The lowest BCUT2D eigenvalue weighted by atomic mass is 10.3. The van der Waals surface area contributed by atoms with Crippen LogP contribution in [0.1, 0.15) is 0 Å². The quantitative estimate of drug-likeness (QED) is 0.370. The van der Waals surface area contributed by atoms with Crippen molar-refractivity contribution in [3.63, 3.8) is 0 Å². The Labute approximate surface area is 80.9 Å². The number of halogens is 2. The molecule has 0 radical (unpaired) electrons. The largest absolute Gasteiger partial charge is 0.392 e. The summed E-state index contributed by atoms with van der Waals surface area (Å²) in [6.07, 6.45) is 0. The summed E-state index contributed by atoms with van der Waals surface area (Å²) >= 11 is 1.74. The average molecular weight is 282 g/mol. The first-order valence-electron chi connectivity index (χ1n) is 2.91. The summed E-state index contributed by atoms with van der Waals surface area (Å²) in [5, 5.41) is 10.3. The van der Waals surface area contributed by atoms with E-state index in [2.05, 4.69) is 0 Å². The second-order valence-electron chi connectivity index (χ2n) is 2.08. The molecule has 0 amide bonds. The van der Waals surface area contributed by atoms with Gasteiger partial charge in [0.05, 0.1) is 11.0 Å². The maximum Gasteiger partial charge on any atom is 0.296 e. The molecule has 0 aliphatic heterocycles. The zero-order valence-electron chi connectivity index (χ0n) is 5.75. The Morgan fingerprint density at radius 2 is 2.17 bits per heavy atom. The monoisotopic (exact) mass is 282 g/mol. The maximum absolute atomic E-state index is 12.6. The summed E-state index contributed by atoms with van der Waals surface area (Å²) in [5.41, 5.74) is 4.95. The van der Waals surface area contributed by atoms with Crippen molar-refractivity contribution >= 4 is 34.0 Å². The van der Waals surface area contributed by atoms with Crippen LogP contribution in [0.2, 0.25) is 0 Å². The summed E-state index contributed by atoms with van der Waals surface area (Å²) in [6.45, 7) is 0. The van der Waals surface area contributed by atoms with Gasteiger partial charge in [0.2, 0.25) is 0 Å². The molecule has 0 aliphatic rings. The highest BCUT2D eigenvalue weighted by atomic mass is 127. The molecule has 0 unspecified atom stereocenters. The Bertz CT molecular complexity index is 343. The number of hydrogen-bond donors (Lipinski definition) is 1. The van der Waals surface area contributed by atoms with Crippen LogP contribution in [0.25, 0.3) is 0 Å². The third-order valence-corrected chi connectivity index (χ3v) is 2.16. The SMILES string of the molecule is Nc1c(I)cc(F)cc1[N+](=O)[O-]. The van der Waals surface area contributed by atoms with E-state index in [9.17, 15) is 14.5 Å². The Kier molecular flexibility index (Phi) is 2.46. The second kappa shape index (κ2) is 3.21. The molecule has 1 aromatic rings. The lowest BCUT2D eigenvalue weighted by Gasteiger charge is -1.99. The zero-order valence-corrected chi connectivity index (χ0v) is 7.91. The minimum absolute atomic E-state index is 0.00185. The van der Waals surface area contributed by atoms with E-state index in [0.717, 1.165) is 12.1 Å². The van der Waals surface area contributed by atoms with Gasteiger partial charge in [-0.1, -0.05) is 0 Å². The van der Waals surface area contributed by atoms with Gasteiger partial charge in [0, 0.05) is 3.57 Å². The van der Waals surface area contributed by atoms with E-state index in [1.165, 1.54) is 0 Å². The predicted molar refractivity (Wildman–Crippen MR) is 50.2 cm³/mol. The van der Waals surface area contributed by atoms with Gasteiger partial charge < -0.3 is 5.73 Å². The van der Waals surface area contributed by atoms with E-state index in [0.29, 0.717) is 3.57 Å². The molecule has 6 heteroatoms. The maximum atomic E-state index is 12.6. The minimum atomic E-state index is -0.708. The van der Waals surface area contributed by atoms with Gasteiger partial charge in [-0.2, -0.15) is 0 Å². The Hall–Kier alpha value is -0.920. The van der Waals surface area contributed by atoms with Gasteiger partial charge >= 0.3 is 0 Å². The molecular formula is C6H4FIN2O2. The van der Waals surface area contributed by atoms with Gasteiger partial charge in [-0.15, -0.1) is 0 Å². The molecule has 0 aliphatic carbocycles. The molecule has 0 fully saturated rings. The van der Waals surface area contributed by atoms with Crippen molar-refractivity contribution in [1.29, 1.82) is 0 Å². The number of hydrogen-bond acceptors (Lipinski definition) is 3. The zero-order chi connectivity index (χ0) is 9.30. The summed E-state index contributed by atoms with van der Waals surface area (Å²) < 4.78 is 13.0. The number of nitrogen functional groups attached to an aromatic ring is 1. The summed E-state index contributed by atoms with van der Waals surface area (Å²) in [5.74, 6) is -0.652. The van der Waals surface area contributed by atoms with Crippen molar-refractivity contribution in [2.45, 2.75) is 0 Å². The Balaban J connectivity index is 3.37. The van der Waals surface area contributed by atoms with Crippen LogP contribution in [0.5, 0.6) is 0 Å². The molecular weight excluding hydrogens is 278 g/mol. The molecule has 64 valence electrons. The number of rotatable bonds is 1. The lowest BCUT2D eigenvalue weighted by molar-refractivity contribution is -0.384. The van der Waals surface area contributed by atoms with Crippen molar-refractivity contribution in [1.82, 2.24) is 0 Å². The molecule has 0 saturated heterocycles. The normalized spacial score (nSPS) is 9.83.